The number of hydrogen-bond donors (Lipinski definition) is 2. The first-order valence-corrected chi connectivity index (χ1v) is 6.83. The Morgan fingerprint density at radius 2 is 2.25 bits per heavy atom. The lowest BCUT2D eigenvalue weighted by Crippen LogP contribution is -2.49. The molecule has 2 amide bonds. The third-order valence-corrected chi connectivity index (χ3v) is 3.64. The summed E-state index contributed by atoms with van der Waals surface area (Å²) in [4.78, 5) is 24.9. The largest absolute Gasteiger partial charge is 0.480 e. The number of nitrogens with one attached hydrogen (secondary N) is 1. The summed E-state index contributed by atoms with van der Waals surface area (Å²) in [6, 6.07) is 0.779. The predicted molar refractivity (Wildman–Crippen MR) is 72.0 cm³/mol. The number of nitrogens with zero attached hydrogens (tertiary/aromatic N) is 3. The highest BCUT2D eigenvalue weighted by atomic mass is 16.4. The summed E-state index contributed by atoms with van der Waals surface area (Å²) in [5, 5.41) is 16.0. The fourth-order valence-corrected chi connectivity index (χ4v) is 2.45. The molecule has 0 spiro atoms. The standard InChI is InChI=1S/C13H20N4O3/c1-16-10(6-7-15-16)9-14-13(20)17-8-4-2-3-5-11(17)12(18)19/h6-7,11H,2-5,8-9H2,1H3,(H,14,20)(H,18,19). The van der Waals surface area contributed by atoms with E-state index in [4.69, 9.17) is 0 Å². The molecule has 1 aromatic heterocycles. The van der Waals surface area contributed by atoms with Crippen molar-refractivity contribution in [1.82, 2.24) is 20.0 Å². The van der Waals surface area contributed by atoms with Crippen LogP contribution in [0.15, 0.2) is 12.3 Å². The predicted octanol–water partition coefficient (Wildman–Crippen LogP) is 0.959. The average Bonchev–Trinajstić information content (AvgIpc) is 2.67. The van der Waals surface area contributed by atoms with Crippen LogP contribution in [0.3, 0.4) is 0 Å². The third-order valence-electron chi connectivity index (χ3n) is 3.64. The molecule has 1 aliphatic rings. The van der Waals surface area contributed by atoms with E-state index in [1.807, 2.05) is 6.07 Å². The number of carboxylic acids is 1. The monoisotopic (exact) mass is 280 g/mol. The number of carbonyl (C=O) groups is 2. The molecule has 7 heteroatoms. The molecule has 2 N–H and O–H groups in total. The number of aryl methyl sites for hydroxylation is 1. The van der Waals surface area contributed by atoms with Crippen LogP contribution in [-0.2, 0) is 18.4 Å². The number of rotatable bonds is 3. The molecule has 0 saturated carbocycles. The number of amides is 2. The van der Waals surface area contributed by atoms with Gasteiger partial charge in [0.1, 0.15) is 6.04 Å². The Morgan fingerprint density at radius 1 is 1.45 bits per heavy atom. The molecular weight excluding hydrogens is 260 g/mol. The van der Waals surface area contributed by atoms with Gasteiger partial charge in [-0.05, 0) is 18.9 Å². The van der Waals surface area contributed by atoms with Crippen LogP contribution in [0, 0.1) is 0 Å². The van der Waals surface area contributed by atoms with Gasteiger partial charge in [0.25, 0.3) is 0 Å². The molecule has 110 valence electrons. The third kappa shape index (κ3) is 3.28. The molecule has 1 fully saturated rings. The van der Waals surface area contributed by atoms with Crippen molar-refractivity contribution >= 4 is 12.0 Å². The van der Waals surface area contributed by atoms with Gasteiger partial charge in [0.05, 0.1) is 12.2 Å². The summed E-state index contributed by atoms with van der Waals surface area (Å²) in [5.41, 5.74) is 0.875. The Balaban J connectivity index is 1.98. The molecule has 0 aromatic carbocycles. The second-order valence-electron chi connectivity index (χ2n) is 5.00. The molecule has 1 aliphatic heterocycles. The molecule has 1 atom stereocenters. The Bertz CT molecular complexity index is 486. The zero-order valence-corrected chi connectivity index (χ0v) is 11.6. The maximum Gasteiger partial charge on any atom is 0.326 e. The van der Waals surface area contributed by atoms with Crippen molar-refractivity contribution in [1.29, 1.82) is 0 Å². The van der Waals surface area contributed by atoms with E-state index >= 15 is 0 Å². The lowest BCUT2D eigenvalue weighted by Gasteiger charge is -2.27. The van der Waals surface area contributed by atoms with Crippen molar-refractivity contribution < 1.29 is 14.7 Å². The highest BCUT2D eigenvalue weighted by Gasteiger charge is 2.30. The van der Waals surface area contributed by atoms with E-state index in [0.29, 0.717) is 19.5 Å². The number of urea groups is 1. The van der Waals surface area contributed by atoms with E-state index in [-0.39, 0.29) is 6.03 Å². The van der Waals surface area contributed by atoms with Gasteiger partial charge in [0.2, 0.25) is 0 Å². The smallest absolute Gasteiger partial charge is 0.326 e. The van der Waals surface area contributed by atoms with Crippen LogP contribution in [0.1, 0.15) is 31.4 Å². The number of aliphatic carboxylic acids is 1. The molecule has 0 aliphatic carbocycles. The van der Waals surface area contributed by atoms with Gasteiger partial charge in [-0.3, -0.25) is 4.68 Å². The van der Waals surface area contributed by atoms with E-state index in [0.717, 1.165) is 25.0 Å². The minimum atomic E-state index is -0.928. The summed E-state index contributed by atoms with van der Waals surface area (Å²) in [5.74, 6) is -0.928. The van der Waals surface area contributed by atoms with Gasteiger partial charge >= 0.3 is 12.0 Å². The summed E-state index contributed by atoms with van der Waals surface area (Å²) in [6.07, 6.45) is 4.85. The van der Waals surface area contributed by atoms with Gasteiger partial charge in [-0.15, -0.1) is 0 Å². The second kappa shape index (κ2) is 6.40. The van der Waals surface area contributed by atoms with Gasteiger partial charge in [0.15, 0.2) is 0 Å². The van der Waals surface area contributed by atoms with Crippen LogP contribution in [0.2, 0.25) is 0 Å². The molecule has 1 unspecified atom stereocenters. The van der Waals surface area contributed by atoms with Crippen LogP contribution >= 0.6 is 0 Å². The first-order valence-electron chi connectivity index (χ1n) is 6.83. The summed E-state index contributed by atoms with van der Waals surface area (Å²) < 4.78 is 1.68. The van der Waals surface area contributed by atoms with Crippen LogP contribution < -0.4 is 5.32 Å². The van der Waals surface area contributed by atoms with Crippen LogP contribution in [0.4, 0.5) is 4.79 Å². The molecule has 0 radical (unpaired) electrons. The first kappa shape index (κ1) is 14.4. The van der Waals surface area contributed by atoms with Gasteiger partial charge in [-0.25, -0.2) is 9.59 Å². The van der Waals surface area contributed by atoms with Crippen molar-refractivity contribution in [3.05, 3.63) is 18.0 Å². The summed E-state index contributed by atoms with van der Waals surface area (Å²) in [6.45, 7) is 0.840. The first-order chi connectivity index (χ1) is 9.59. The highest BCUT2D eigenvalue weighted by molar-refractivity contribution is 5.82. The summed E-state index contributed by atoms with van der Waals surface area (Å²) >= 11 is 0. The normalized spacial score (nSPS) is 19.4. The lowest BCUT2D eigenvalue weighted by atomic mass is 10.1. The van der Waals surface area contributed by atoms with Crippen molar-refractivity contribution in [3.8, 4) is 0 Å². The topological polar surface area (TPSA) is 87.5 Å². The molecule has 1 saturated heterocycles. The van der Waals surface area contributed by atoms with Gasteiger partial charge in [0, 0.05) is 19.8 Å². The molecule has 2 rings (SSSR count). The zero-order chi connectivity index (χ0) is 14.5. The van der Waals surface area contributed by atoms with E-state index in [2.05, 4.69) is 10.4 Å². The van der Waals surface area contributed by atoms with E-state index in [1.54, 1.807) is 17.9 Å². The number of carboxylic acid groups (broad SMARTS) is 1. The van der Waals surface area contributed by atoms with Gasteiger partial charge < -0.3 is 15.3 Å². The van der Waals surface area contributed by atoms with E-state index in [1.165, 1.54) is 4.90 Å². The van der Waals surface area contributed by atoms with Crippen LogP contribution in [-0.4, -0.2) is 44.4 Å². The fourth-order valence-electron chi connectivity index (χ4n) is 2.45. The number of aromatic nitrogens is 2. The number of likely N-dealkylation sites (tertiary alicyclic amines) is 1. The van der Waals surface area contributed by atoms with Crippen molar-refractivity contribution in [2.24, 2.45) is 7.05 Å². The number of hydrogen-bond acceptors (Lipinski definition) is 3. The molecule has 7 nitrogen and oxygen atoms in total. The molecule has 20 heavy (non-hydrogen) atoms. The fraction of sp³-hybridized carbons (Fsp3) is 0.615. The Hall–Kier alpha value is -2.05. The highest BCUT2D eigenvalue weighted by Crippen LogP contribution is 2.17. The van der Waals surface area contributed by atoms with Crippen molar-refractivity contribution in [2.45, 2.75) is 38.3 Å². The lowest BCUT2D eigenvalue weighted by molar-refractivity contribution is -0.142. The Morgan fingerprint density at radius 3 is 2.90 bits per heavy atom. The molecule has 1 aromatic rings. The summed E-state index contributed by atoms with van der Waals surface area (Å²) in [7, 11) is 1.80. The molecule has 0 bridgehead atoms. The minimum absolute atomic E-state index is 0.319. The molecular formula is C13H20N4O3. The Kier molecular flexibility index (Phi) is 4.60. The Labute approximate surface area is 117 Å². The van der Waals surface area contributed by atoms with Crippen LogP contribution in [0.25, 0.3) is 0 Å². The van der Waals surface area contributed by atoms with Crippen LogP contribution in [0.5, 0.6) is 0 Å². The van der Waals surface area contributed by atoms with Crippen molar-refractivity contribution in [3.63, 3.8) is 0 Å². The minimum Gasteiger partial charge on any atom is -0.480 e. The number of carbonyl (C=O) groups excluding carboxylic acids is 1. The quantitative estimate of drug-likeness (QED) is 0.863. The SMILES string of the molecule is Cn1nccc1CNC(=O)N1CCCCCC1C(=O)O. The average molecular weight is 280 g/mol. The zero-order valence-electron chi connectivity index (χ0n) is 11.6. The van der Waals surface area contributed by atoms with Crippen molar-refractivity contribution in [2.75, 3.05) is 6.54 Å². The second-order valence-corrected chi connectivity index (χ2v) is 5.00. The van der Waals surface area contributed by atoms with Gasteiger partial charge in [-0.1, -0.05) is 12.8 Å². The maximum absolute atomic E-state index is 12.2. The van der Waals surface area contributed by atoms with E-state index < -0.39 is 12.0 Å². The van der Waals surface area contributed by atoms with E-state index in [9.17, 15) is 14.7 Å². The maximum atomic E-state index is 12.2. The molecule has 2 heterocycles. The van der Waals surface area contributed by atoms with Gasteiger partial charge in [-0.2, -0.15) is 5.10 Å².